The number of hydrogen-bond acceptors (Lipinski definition) is 63. The first-order valence-electron chi connectivity index (χ1n) is 43.6. The molecule has 0 aromatic rings. The van der Waals surface area contributed by atoms with Gasteiger partial charge in [0.05, 0.1) is 84.3 Å². The van der Waals surface area contributed by atoms with Gasteiger partial charge in [-0.05, 0) is 6.08 Å². The van der Waals surface area contributed by atoms with Crippen molar-refractivity contribution in [3.63, 3.8) is 0 Å². The molecule has 11 heterocycles. The van der Waals surface area contributed by atoms with E-state index in [0.717, 1.165) is 0 Å². The molecule has 0 spiro atoms. The molecule has 0 unspecified atom stereocenters. The molecule has 0 aromatic carbocycles. The minimum Gasteiger partial charge on any atom is -0.477 e. The van der Waals surface area contributed by atoms with Gasteiger partial charge in [0.15, 0.2) is 56.4 Å². The van der Waals surface area contributed by atoms with Crippen molar-refractivity contribution >= 4 is 17.9 Å². The zero-order valence-electron chi connectivity index (χ0n) is 73.1. The van der Waals surface area contributed by atoms with Crippen LogP contribution < -0.4 is 11.5 Å². The zero-order chi connectivity index (χ0) is 105. The molecule has 0 saturated carbocycles. The molecular formula is C75H124N2O64. The first-order chi connectivity index (χ1) is 66.3. The van der Waals surface area contributed by atoms with Gasteiger partial charge in [-0.2, -0.15) is 0 Å². The largest absolute Gasteiger partial charge is 0.477 e. The molecule has 0 aliphatic carbocycles. The van der Waals surface area contributed by atoms with Gasteiger partial charge in [-0.15, -0.1) is 0 Å². The zero-order valence-corrected chi connectivity index (χ0v) is 73.1. The smallest absolute Gasteiger partial charge is 0.371 e. The molecule has 0 bridgehead atoms. The molecule has 0 aromatic heterocycles. The highest BCUT2D eigenvalue weighted by atomic mass is 16.8. The maximum absolute atomic E-state index is 14.3. The van der Waals surface area contributed by atoms with E-state index in [1.807, 2.05) is 0 Å². The topological polar surface area (TPSA) is 1110 Å². The van der Waals surface area contributed by atoms with Gasteiger partial charge in [-0.25, -0.2) is 14.4 Å². The van der Waals surface area contributed by atoms with E-state index in [2.05, 4.69) is 0 Å². The van der Waals surface area contributed by atoms with E-state index in [1.165, 1.54) is 0 Å². The van der Waals surface area contributed by atoms with Gasteiger partial charge in [-0.3, -0.25) is 0 Å². The van der Waals surface area contributed by atoms with Crippen LogP contribution in [0.3, 0.4) is 0 Å². The molecule has 11 aliphatic rings. The standard InChI is InChI=1S/C75H124N2O64/c76-26-31(96)29(94)24(124-63(26)116)11-122-64-27(77)32(97)30(95)25(127-64)12-123-74(72(117)118)2-22(139-75(73(119)120)61(113)41(106)40(105)52(141-75)17(89)6-81)56(54(140-74)19(91)8-83)134-69-47(112)58(60(53(132-69)18(90)7-82)138-66-43(108)33(98)28(93)23(9-84)126-66)136-68-46(111)57(45(110)51(130-68)20(92)10-121-65-42(107)34(99)36(101)48(128-65)14(86)3-78)135-70-55(13(85)1-21(125-70)62(114)115)133-71-59(39(104)38(103)50(131-71)16(88)5-80)137-67-44(109)35(100)37(102)49(129-67)15(87)4-79/h1,13-20,22-61,63-71,78-113,116H,2-12,76-77H2,(H,114,115)(H,117,118)(H,119,120)/t13-,14-,15-,16+,17+,18-,19+,20-,22+,23+,24+,25+,26+,27+,28+,29+,30+,31+,32+,33-,34-,35-,36-,37-,38-,39-,40+,41-,42-,43+,44-,45+,46-,47-,48+,49+,50+,51+,52+,53+,54+,55+,56+,57-,58+,59-,60+,61-,63-,64+,65-,66-,67+,68+,69+,70-,71+,74+,75+/m0/s1. The van der Waals surface area contributed by atoms with Crippen LogP contribution in [0, 0.1) is 0 Å². The summed E-state index contributed by atoms with van der Waals surface area (Å²) in [6, 6.07) is -3.43. The lowest BCUT2D eigenvalue weighted by molar-refractivity contribution is -0.423. The van der Waals surface area contributed by atoms with E-state index in [9.17, 15) is 219 Å². The van der Waals surface area contributed by atoms with Crippen molar-refractivity contribution in [2.75, 3.05) is 66.1 Å². The lowest BCUT2D eigenvalue weighted by Crippen LogP contribution is -2.74. The van der Waals surface area contributed by atoms with Gasteiger partial charge < -0.3 is 315 Å². The second kappa shape index (κ2) is 49.1. The molecule has 44 N–H and O–H groups in total. The van der Waals surface area contributed by atoms with Crippen molar-refractivity contribution in [1.82, 2.24) is 0 Å². The minimum absolute atomic E-state index is 0.319. The summed E-state index contributed by atoms with van der Waals surface area (Å²) in [4.78, 5) is 41.3. The monoisotopic (exact) mass is 2080 g/mol. The molecule has 11 rings (SSSR count). The average Bonchev–Trinajstić information content (AvgIpc) is 0.728. The Balaban J connectivity index is 1.03. The fourth-order valence-electron chi connectivity index (χ4n) is 17.5. The van der Waals surface area contributed by atoms with E-state index >= 15 is 0 Å². The minimum atomic E-state index is -4.21. The predicted octanol–water partition coefficient (Wildman–Crippen LogP) is -28.3. The Bertz CT molecular complexity index is 3950. The molecule has 10 saturated heterocycles. The number of carboxylic acids is 3. The molecule has 66 heteroatoms. The van der Waals surface area contributed by atoms with Gasteiger partial charge >= 0.3 is 17.9 Å². The number of aliphatic carboxylic acids is 3. The van der Waals surface area contributed by atoms with Crippen LogP contribution in [-0.4, -0.2) is 649 Å². The van der Waals surface area contributed by atoms with Gasteiger partial charge in [-0.1, -0.05) is 0 Å². The number of hydrogen-bond donors (Lipinski definition) is 42. The third-order valence-electron chi connectivity index (χ3n) is 25.7. The van der Waals surface area contributed by atoms with Gasteiger partial charge in [0.2, 0.25) is 12.0 Å². The average molecular weight is 2080 g/mol. The van der Waals surface area contributed by atoms with Crippen LogP contribution >= 0.6 is 0 Å². The molecule has 0 amide bonds. The van der Waals surface area contributed by atoms with Crippen molar-refractivity contribution < 1.29 is 318 Å². The number of aliphatic hydroxyl groups excluding tert-OH is 37. The Hall–Kier alpha value is -4.41. The lowest BCUT2D eigenvalue weighted by Gasteiger charge is -2.54. The first kappa shape index (κ1) is 117. The quantitative estimate of drug-likeness (QED) is 0.0271. The molecule has 141 heavy (non-hydrogen) atoms. The first-order valence-corrected chi connectivity index (χ1v) is 43.6. The summed E-state index contributed by atoms with van der Waals surface area (Å²) in [5.41, 5.74) is 11.8. The molecule has 0 radical (unpaired) electrons. The van der Waals surface area contributed by atoms with E-state index in [1.54, 1.807) is 0 Å². The summed E-state index contributed by atoms with van der Waals surface area (Å²) in [7, 11) is 0. The molecule has 11 aliphatic heterocycles. The van der Waals surface area contributed by atoms with E-state index in [4.69, 9.17) is 111 Å². The van der Waals surface area contributed by atoms with Gasteiger partial charge in [0.25, 0.3) is 11.6 Å². The fourth-order valence-corrected chi connectivity index (χ4v) is 17.5. The molecule has 10 fully saturated rings. The van der Waals surface area contributed by atoms with Crippen molar-refractivity contribution in [2.24, 2.45) is 11.5 Å². The molecule has 818 valence electrons. The van der Waals surface area contributed by atoms with Gasteiger partial charge in [0, 0.05) is 6.42 Å². The van der Waals surface area contributed by atoms with Crippen LogP contribution in [0.2, 0.25) is 0 Å². The van der Waals surface area contributed by atoms with Crippen molar-refractivity contribution in [2.45, 2.75) is 367 Å². The summed E-state index contributed by atoms with van der Waals surface area (Å²) in [6.07, 6.45) is -142. The normalized spacial score (nSPS) is 49.1. The van der Waals surface area contributed by atoms with Crippen LogP contribution in [0.15, 0.2) is 11.8 Å². The number of rotatable bonds is 40. The highest BCUT2D eigenvalue weighted by Crippen LogP contribution is 2.47. The number of carbonyl (C=O) groups is 3. The number of carboxylic acid groups (broad SMARTS) is 3. The Labute approximate surface area is 790 Å². The molecular weight excluding hydrogens is 1950 g/mol. The summed E-state index contributed by atoms with van der Waals surface area (Å²) >= 11 is 0. The second-order valence-electron chi connectivity index (χ2n) is 35.1. The third-order valence-corrected chi connectivity index (χ3v) is 25.7. The summed E-state index contributed by atoms with van der Waals surface area (Å²) in [5, 5.41) is 447. The fraction of sp³-hybridized carbons (Fsp3) is 0.933. The molecule has 59 atom stereocenters. The highest BCUT2D eigenvalue weighted by molar-refractivity contribution is 5.84. The van der Waals surface area contributed by atoms with E-state index in [0.29, 0.717) is 6.08 Å². The second-order valence-corrected chi connectivity index (χ2v) is 35.1. The molecule has 66 nitrogen and oxygen atoms in total. The summed E-state index contributed by atoms with van der Waals surface area (Å²) < 4.78 is 122. The number of ether oxygens (including phenoxy) is 21. The third kappa shape index (κ3) is 24.3. The van der Waals surface area contributed by atoms with Crippen LogP contribution in [0.4, 0.5) is 0 Å². The predicted molar refractivity (Wildman–Crippen MR) is 419 cm³/mol. The maximum atomic E-state index is 14.3. The summed E-state index contributed by atoms with van der Waals surface area (Å²) in [6.45, 7) is -14.0. The Morgan fingerprint density at radius 1 is 0.340 bits per heavy atom. The van der Waals surface area contributed by atoms with Gasteiger partial charge in [0.1, 0.15) is 269 Å². The highest BCUT2D eigenvalue weighted by Gasteiger charge is 2.69. The van der Waals surface area contributed by atoms with E-state index in [-0.39, 0.29) is 0 Å². The number of aliphatic hydroxyl groups is 37. The maximum Gasteiger partial charge on any atom is 0.371 e. The SMILES string of the molecule is N[C@@H]1[C@@H](O)[C@H](O)[C@@H](CO[C@@H]2O[C@H](CO[C@]3(C(=O)O)C[C@@H](O[C@@]4(C(=O)O)O[C@H]([C@H](O)CO)[C@H](O)[C@H](O)[C@@H]4O)[C@@H](O[C@H]4O[C@H]([C@@H](O)CO)[C@@H](O[C@@H]5O[C@H](CO)[C@@H](O)[C@H](O)[C@H]5O)[C@H](O[C@H]5O[C@H]([C@@H](O)CO[C@H]6O[C@H]([C@@H](O)CO)[C@@H](O)[C@H](O)[C@@H]6O)[C@@H](O)[C@H](O[C@@H]6OC(C(=O)O)=C[C@H](O)[C@H]6O[C@H]6O[C@H]([C@H](O)CO)[C@@H](O)[C@H](O)[C@@H]6O[C@H]6O[C@H]([C@@H](O)CO)[C@@H](O)[C@H](O)[C@@H]6O)[C@@H]5O)[C@@H]4O)[C@@H]([C@H](O)CO)O3)[C@@H](O)[C@H](O)[C@H]2N)O[C@@H]1O. The Morgan fingerprint density at radius 2 is 0.752 bits per heavy atom. The van der Waals surface area contributed by atoms with Crippen LogP contribution in [0.5, 0.6) is 0 Å². The summed E-state index contributed by atoms with van der Waals surface area (Å²) in [5.74, 6) is -16.7. The van der Waals surface area contributed by atoms with Crippen LogP contribution in [0.1, 0.15) is 6.42 Å². The van der Waals surface area contributed by atoms with E-state index < -0.39 is 457 Å². The lowest BCUT2D eigenvalue weighted by atomic mass is 9.88. The van der Waals surface area contributed by atoms with Crippen molar-refractivity contribution in [3.8, 4) is 0 Å². The van der Waals surface area contributed by atoms with Crippen LogP contribution in [-0.2, 0) is 114 Å². The van der Waals surface area contributed by atoms with Crippen molar-refractivity contribution in [3.05, 3.63) is 11.8 Å². The number of nitrogens with two attached hydrogens (primary N) is 2. The van der Waals surface area contributed by atoms with Crippen molar-refractivity contribution in [1.29, 1.82) is 0 Å². The Kier molecular flexibility index (Phi) is 40.7. The van der Waals surface area contributed by atoms with Crippen LogP contribution in [0.25, 0.3) is 0 Å². The Morgan fingerprint density at radius 3 is 1.29 bits per heavy atom.